The van der Waals surface area contributed by atoms with Gasteiger partial charge < -0.3 is 4.57 Å². The number of aromatic nitrogens is 6. The van der Waals surface area contributed by atoms with E-state index in [1.165, 1.54) is 16.3 Å². The third-order valence-electron chi connectivity index (χ3n) is 11.8. The number of rotatable bonds is 7. The van der Waals surface area contributed by atoms with Gasteiger partial charge in [0, 0.05) is 49.5 Å². The van der Waals surface area contributed by atoms with Crippen molar-refractivity contribution in [2.24, 2.45) is 0 Å². The Bertz CT molecular complexity index is 3550. The molecule has 0 aliphatic rings. The second kappa shape index (κ2) is 14.7. The Hall–Kier alpha value is -8.48. The maximum Gasteiger partial charge on any atom is 0.160 e. The highest BCUT2D eigenvalue weighted by Gasteiger charge is 2.17. The summed E-state index contributed by atoms with van der Waals surface area (Å²) in [7, 11) is 0. The molecule has 6 nitrogen and oxygen atoms in total. The van der Waals surface area contributed by atoms with Crippen molar-refractivity contribution in [2.75, 3.05) is 0 Å². The summed E-state index contributed by atoms with van der Waals surface area (Å²) < 4.78 is 4.54. The lowest BCUT2D eigenvalue weighted by molar-refractivity contribution is 1.04. The van der Waals surface area contributed by atoms with Crippen LogP contribution in [0.5, 0.6) is 0 Å². The minimum Gasteiger partial charge on any atom is -0.309 e. The molecule has 0 radical (unpaired) electrons. The highest BCUT2D eigenvalue weighted by molar-refractivity contribution is 6.11. The lowest BCUT2D eigenvalue weighted by Crippen LogP contribution is -1.99. The van der Waals surface area contributed by atoms with Crippen LogP contribution in [0.25, 0.3) is 111 Å². The van der Waals surface area contributed by atoms with E-state index in [0.29, 0.717) is 5.82 Å². The third-order valence-corrected chi connectivity index (χ3v) is 11.8. The molecule has 62 heavy (non-hydrogen) atoms. The third kappa shape index (κ3) is 6.04. The van der Waals surface area contributed by atoms with Gasteiger partial charge in [-0.15, -0.1) is 0 Å². The first-order valence-corrected chi connectivity index (χ1v) is 20.8. The van der Waals surface area contributed by atoms with E-state index in [1.807, 2.05) is 48.8 Å². The molecule has 0 aliphatic carbocycles. The van der Waals surface area contributed by atoms with Crippen LogP contribution in [0.1, 0.15) is 0 Å². The van der Waals surface area contributed by atoms with E-state index in [1.54, 1.807) is 0 Å². The van der Waals surface area contributed by atoms with Gasteiger partial charge in [0.1, 0.15) is 0 Å². The van der Waals surface area contributed by atoms with Crippen LogP contribution in [-0.2, 0) is 0 Å². The van der Waals surface area contributed by atoms with Crippen LogP contribution in [0, 0.1) is 0 Å². The van der Waals surface area contributed by atoms with Crippen LogP contribution in [-0.4, -0.2) is 29.1 Å². The summed E-state index contributed by atoms with van der Waals surface area (Å²) in [4.78, 5) is 20.3. The Morgan fingerprint density at radius 1 is 0.290 bits per heavy atom. The van der Waals surface area contributed by atoms with Crippen molar-refractivity contribution in [2.45, 2.75) is 0 Å². The van der Waals surface area contributed by atoms with Gasteiger partial charge in [0.2, 0.25) is 0 Å². The molecule has 12 rings (SSSR count). The van der Waals surface area contributed by atoms with E-state index in [4.69, 9.17) is 19.9 Å². The van der Waals surface area contributed by atoms with Gasteiger partial charge in [0.05, 0.1) is 51.5 Å². The van der Waals surface area contributed by atoms with Gasteiger partial charge in [-0.1, -0.05) is 146 Å². The monoisotopic (exact) mass is 792 g/mol. The summed E-state index contributed by atoms with van der Waals surface area (Å²) in [6.45, 7) is 0. The fraction of sp³-hybridized carbons (Fsp3) is 0. The Labute approximate surface area is 357 Å². The first-order valence-electron chi connectivity index (χ1n) is 20.8. The Morgan fingerprint density at radius 2 is 0.790 bits per heavy atom. The number of para-hydroxylation sites is 3. The molecule has 0 saturated carbocycles. The second-order valence-electron chi connectivity index (χ2n) is 15.5. The molecular formula is C56H36N6. The average Bonchev–Trinajstić information content (AvgIpc) is 3.87. The number of fused-ring (bicyclic) bond motifs is 6. The molecule has 0 fully saturated rings. The maximum atomic E-state index is 5.10. The molecule has 0 aliphatic heterocycles. The van der Waals surface area contributed by atoms with Gasteiger partial charge in [0.25, 0.3) is 0 Å². The zero-order valence-electron chi connectivity index (χ0n) is 33.5. The van der Waals surface area contributed by atoms with Crippen LogP contribution in [0.2, 0.25) is 0 Å². The van der Waals surface area contributed by atoms with E-state index in [9.17, 15) is 0 Å². The Morgan fingerprint density at radius 3 is 1.44 bits per heavy atom. The molecule has 4 heterocycles. The molecule has 0 saturated heterocycles. The highest BCUT2D eigenvalue weighted by atomic mass is 15.1. The smallest absolute Gasteiger partial charge is 0.160 e. The molecule has 0 unspecified atom stereocenters. The summed E-state index contributed by atoms with van der Waals surface area (Å²) in [5.41, 5.74) is 14.5. The van der Waals surface area contributed by atoms with Gasteiger partial charge in [-0.2, -0.15) is 0 Å². The minimum absolute atomic E-state index is 0.686. The summed E-state index contributed by atoms with van der Waals surface area (Å²) in [5, 5.41) is 4.68. The summed E-state index contributed by atoms with van der Waals surface area (Å²) in [5.74, 6) is 1.45. The van der Waals surface area contributed by atoms with Crippen LogP contribution in [0.4, 0.5) is 0 Å². The van der Waals surface area contributed by atoms with Crippen LogP contribution < -0.4 is 0 Å². The first kappa shape index (κ1) is 35.5. The number of hydrogen-bond donors (Lipinski definition) is 0. The lowest BCUT2D eigenvalue weighted by atomic mass is 10.00. The molecule has 0 spiro atoms. The van der Waals surface area contributed by atoms with Crippen molar-refractivity contribution in [3.63, 3.8) is 0 Å². The standard InChI is InChI=1S/C56H36N6/c1-4-15-37(16-5-1)48-34-49(38-17-6-2-7-18-38)60-56(59-48)42-20-14-19-39(31-42)40-27-29-54-46(32-40)45-24-11-13-26-52(45)62(54)55-36-57-50(35-58-55)41-28-30-53-47(33-41)44-23-10-12-25-51(44)61(53)43-21-8-3-9-22-43/h1-36H. The molecule has 4 aromatic heterocycles. The van der Waals surface area contributed by atoms with Crippen molar-refractivity contribution in [3.8, 4) is 67.8 Å². The van der Waals surface area contributed by atoms with Crippen LogP contribution >= 0.6 is 0 Å². The van der Waals surface area contributed by atoms with Crippen molar-refractivity contribution in [1.82, 2.24) is 29.1 Å². The summed E-state index contributed by atoms with van der Waals surface area (Å²) in [6.07, 6.45) is 3.79. The first-order chi connectivity index (χ1) is 30.7. The van der Waals surface area contributed by atoms with Crippen molar-refractivity contribution in [3.05, 3.63) is 219 Å². The molecule has 0 atom stereocenters. The number of benzene rings is 8. The normalized spacial score (nSPS) is 11.5. The van der Waals surface area contributed by atoms with E-state index < -0.39 is 0 Å². The van der Waals surface area contributed by atoms with Crippen LogP contribution in [0.3, 0.4) is 0 Å². The summed E-state index contributed by atoms with van der Waals surface area (Å²) >= 11 is 0. The second-order valence-corrected chi connectivity index (χ2v) is 15.5. The molecule has 8 aromatic carbocycles. The zero-order valence-corrected chi connectivity index (χ0v) is 33.5. The van der Waals surface area contributed by atoms with Gasteiger partial charge in [-0.25, -0.2) is 15.0 Å². The van der Waals surface area contributed by atoms with Crippen molar-refractivity contribution in [1.29, 1.82) is 0 Å². The predicted molar refractivity (Wildman–Crippen MR) is 253 cm³/mol. The van der Waals surface area contributed by atoms with E-state index in [2.05, 4.69) is 179 Å². The molecular weight excluding hydrogens is 757 g/mol. The quantitative estimate of drug-likeness (QED) is 0.161. The molecule has 0 amide bonds. The largest absolute Gasteiger partial charge is 0.309 e. The molecule has 0 N–H and O–H groups in total. The van der Waals surface area contributed by atoms with E-state index >= 15 is 0 Å². The fourth-order valence-electron chi connectivity index (χ4n) is 8.90. The molecule has 6 heteroatoms. The van der Waals surface area contributed by atoms with Crippen molar-refractivity contribution >= 4 is 43.6 Å². The zero-order chi connectivity index (χ0) is 41.0. The lowest BCUT2D eigenvalue weighted by Gasteiger charge is -2.11. The molecule has 290 valence electrons. The SMILES string of the molecule is c1ccc(-c2cc(-c3ccccc3)nc(-c3cccc(-c4ccc5c(c4)c4ccccc4n5-c4cnc(-c5ccc6c(c5)c5ccccc5n6-c5ccccc5)cn4)c3)n2)cc1. The fourth-order valence-corrected chi connectivity index (χ4v) is 8.90. The molecule has 0 bridgehead atoms. The average molecular weight is 793 g/mol. The summed E-state index contributed by atoms with van der Waals surface area (Å²) in [6, 6.07) is 72.1. The number of nitrogens with zero attached hydrogens (tertiary/aromatic N) is 6. The Balaban J connectivity index is 0.915. The van der Waals surface area contributed by atoms with Gasteiger partial charge in [-0.3, -0.25) is 9.55 Å². The minimum atomic E-state index is 0.686. The maximum absolute atomic E-state index is 5.10. The van der Waals surface area contributed by atoms with Crippen LogP contribution in [0.15, 0.2) is 219 Å². The predicted octanol–water partition coefficient (Wildman–Crippen LogP) is 13.8. The van der Waals surface area contributed by atoms with Gasteiger partial charge >= 0.3 is 0 Å². The topological polar surface area (TPSA) is 61.4 Å². The van der Waals surface area contributed by atoms with Crippen molar-refractivity contribution < 1.29 is 0 Å². The van der Waals surface area contributed by atoms with E-state index in [-0.39, 0.29) is 0 Å². The Kier molecular flexibility index (Phi) is 8.38. The number of hydrogen-bond acceptors (Lipinski definition) is 4. The van der Waals surface area contributed by atoms with E-state index in [0.717, 1.165) is 89.3 Å². The van der Waals surface area contributed by atoms with Gasteiger partial charge in [-0.05, 0) is 71.8 Å². The molecule has 12 aromatic rings. The highest BCUT2D eigenvalue weighted by Crippen LogP contribution is 2.38. The van der Waals surface area contributed by atoms with Gasteiger partial charge in [0.15, 0.2) is 11.6 Å².